The van der Waals surface area contributed by atoms with Gasteiger partial charge >= 0.3 is 0 Å². The molecule has 148 valence electrons. The lowest BCUT2D eigenvalue weighted by atomic mass is 9.71. The molecule has 2 atom stereocenters. The second-order valence-electron chi connectivity index (χ2n) is 8.13. The van der Waals surface area contributed by atoms with Crippen LogP contribution in [-0.4, -0.2) is 6.10 Å². The van der Waals surface area contributed by atoms with Crippen molar-refractivity contribution in [1.29, 1.82) is 0 Å². The molecule has 0 saturated heterocycles. The average Bonchev–Trinajstić information content (AvgIpc) is 2.72. The van der Waals surface area contributed by atoms with E-state index in [0.29, 0.717) is 25.0 Å². The fourth-order valence-electron chi connectivity index (χ4n) is 4.52. The van der Waals surface area contributed by atoms with Gasteiger partial charge < -0.3 is 9.47 Å². The van der Waals surface area contributed by atoms with E-state index >= 15 is 0 Å². The number of benzene rings is 3. The van der Waals surface area contributed by atoms with Gasteiger partial charge in [-0.05, 0) is 65.3 Å². The first-order chi connectivity index (χ1) is 14.3. The molecule has 0 spiro atoms. The maximum atomic E-state index is 6.46. The number of hydrogen-bond acceptors (Lipinski definition) is 2. The summed E-state index contributed by atoms with van der Waals surface area (Å²) < 4.78 is 13.6. The van der Waals surface area contributed by atoms with Crippen molar-refractivity contribution in [2.75, 3.05) is 0 Å². The molecule has 1 aliphatic carbocycles. The van der Waals surface area contributed by atoms with E-state index in [1.807, 2.05) is 18.2 Å². The molecule has 2 unspecified atom stereocenters. The Bertz CT molecular complexity index is 964. The van der Waals surface area contributed by atoms with Crippen molar-refractivity contribution in [3.63, 3.8) is 0 Å². The highest BCUT2D eigenvalue weighted by Gasteiger charge is 2.39. The van der Waals surface area contributed by atoms with Crippen LogP contribution in [0.15, 0.2) is 77.3 Å². The van der Waals surface area contributed by atoms with E-state index in [9.17, 15) is 0 Å². The van der Waals surface area contributed by atoms with Gasteiger partial charge in [0.05, 0.1) is 12.7 Å². The van der Waals surface area contributed by atoms with Crippen LogP contribution in [0.3, 0.4) is 0 Å². The first-order valence-corrected chi connectivity index (χ1v) is 11.2. The number of hydrogen-bond donors (Lipinski definition) is 0. The van der Waals surface area contributed by atoms with Crippen LogP contribution in [0.2, 0.25) is 0 Å². The normalized spacial score (nSPS) is 21.3. The predicted molar refractivity (Wildman–Crippen MR) is 119 cm³/mol. The Hall–Kier alpha value is -2.10. The zero-order valence-electron chi connectivity index (χ0n) is 16.4. The lowest BCUT2D eigenvalue weighted by Crippen LogP contribution is -2.38. The summed E-state index contributed by atoms with van der Waals surface area (Å²) in [6.07, 6.45) is 4.17. The Morgan fingerprint density at radius 3 is 2.45 bits per heavy atom. The minimum Gasteiger partial charge on any atom is -0.489 e. The van der Waals surface area contributed by atoms with Gasteiger partial charge in [-0.1, -0.05) is 70.9 Å². The second-order valence-corrected chi connectivity index (χ2v) is 9.05. The van der Waals surface area contributed by atoms with Gasteiger partial charge in [0.2, 0.25) is 0 Å². The molecule has 1 fully saturated rings. The molecule has 1 heterocycles. The lowest BCUT2D eigenvalue weighted by Gasteiger charge is -2.42. The van der Waals surface area contributed by atoms with E-state index in [1.54, 1.807) is 0 Å². The molecule has 3 heteroatoms. The summed E-state index contributed by atoms with van der Waals surface area (Å²) in [5, 5.41) is 0. The fraction of sp³-hybridized carbons (Fsp3) is 0.308. The van der Waals surface area contributed by atoms with Crippen LogP contribution >= 0.6 is 15.9 Å². The number of halogens is 1. The SMILES string of the molecule is Brc1ccc(C2c3ccc(OCc4ccccc4)cc3COC2C2CCC2)cc1. The Labute approximate surface area is 181 Å². The summed E-state index contributed by atoms with van der Waals surface area (Å²) in [6, 6.07) is 25.6. The molecule has 0 aromatic heterocycles. The minimum atomic E-state index is 0.272. The Balaban J connectivity index is 1.43. The molecule has 0 N–H and O–H groups in total. The molecule has 2 aliphatic rings. The third-order valence-corrected chi connectivity index (χ3v) is 6.83. The van der Waals surface area contributed by atoms with Crippen molar-refractivity contribution in [3.05, 3.63) is 99.5 Å². The minimum absolute atomic E-state index is 0.272. The van der Waals surface area contributed by atoms with Crippen LogP contribution in [-0.2, 0) is 18.0 Å². The van der Waals surface area contributed by atoms with Crippen LogP contribution in [0, 0.1) is 5.92 Å². The van der Waals surface area contributed by atoms with Crippen molar-refractivity contribution in [3.8, 4) is 5.75 Å². The first-order valence-electron chi connectivity index (χ1n) is 10.4. The zero-order chi connectivity index (χ0) is 19.6. The standard InChI is InChI=1S/C26H25BrO2/c27-22-11-9-19(10-12-22)25-24-14-13-23(28-16-18-5-2-1-3-6-18)15-21(24)17-29-26(25)20-7-4-8-20/h1-3,5-6,9-15,20,25-26H,4,7-8,16-17H2. The van der Waals surface area contributed by atoms with Crippen LogP contribution < -0.4 is 4.74 Å². The van der Waals surface area contributed by atoms with E-state index in [1.165, 1.54) is 41.5 Å². The largest absolute Gasteiger partial charge is 0.489 e. The van der Waals surface area contributed by atoms with Gasteiger partial charge in [0.15, 0.2) is 0 Å². The molecule has 1 aliphatic heterocycles. The molecule has 2 nitrogen and oxygen atoms in total. The van der Waals surface area contributed by atoms with Gasteiger partial charge in [-0.15, -0.1) is 0 Å². The molecular formula is C26H25BrO2. The summed E-state index contributed by atoms with van der Waals surface area (Å²) in [5.41, 5.74) is 5.16. The number of rotatable bonds is 5. The van der Waals surface area contributed by atoms with Gasteiger partial charge in [-0.2, -0.15) is 0 Å². The summed E-state index contributed by atoms with van der Waals surface area (Å²) in [4.78, 5) is 0. The third kappa shape index (κ3) is 3.99. The van der Waals surface area contributed by atoms with E-state index in [4.69, 9.17) is 9.47 Å². The van der Waals surface area contributed by atoms with Crippen LogP contribution in [0.1, 0.15) is 47.4 Å². The van der Waals surface area contributed by atoms with E-state index in [-0.39, 0.29) is 6.10 Å². The van der Waals surface area contributed by atoms with Gasteiger partial charge in [0, 0.05) is 10.4 Å². The number of ether oxygens (including phenoxy) is 2. The summed E-state index contributed by atoms with van der Waals surface area (Å²) in [6.45, 7) is 1.26. The third-order valence-electron chi connectivity index (χ3n) is 6.30. The van der Waals surface area contributed by atoms with Crippen molar-refractivity contribution in [2.24, 2.45) is 5.92 Å². The van der Waals surface area contributed by atoms with Crippen molar-refractivity contribution in [1.82, 2.24) is 0 Å². The predicted octanol–water partition coefficient (Wildman–Crippen LogP) is 6.86. The molecule has 3 aromatic carbocycles. The summed E-state index contributed by atoms with van der Waals surface area (Å²) in [7, 11) is 0. The molecule has 0 radical (unpaired) electrons. The highest BCUT2D eigenvalue weighted by atomic mass is 79.9. The molecule has 5 rings (SSSR count). The topological polar surface area (TPSA) is 18.5 Å². The van der Waals surface area contributed by atoms with E-state index < -0.39 is 0 Å². The second kappa shape index (κ2) is 8.33. The maximum Gasteiger partial charge on any atom is 0.120 e. The van der Waals surface area contributed by atoms with Crippen LogP contribution in [0.25, 0.3) is 0 Å². The van der Waals surface area contributed by atoms with Crippen LogP contribution in [0.5, 0.6) is 5.75 Å². The van der Waals surface area contributed by atoms with E-state index in [2.05, 4.69) is 70.5 Å². The molecule has 0 amide bonds. The average molecular weight is 449 g/mol. The lowest BCUT2D eigenvalue weighted by molar-refractivity contribution is -0.0439. The fourth-order valence-corrected chi connectivity index (χ4v) is 4.78. The maximum absolute atomic E-state index is 6.46. The number of fused-ring (bicyclic) bond motifs is 1. The quantitative estimate of drug-likeness (QED) is 0.424. The van der Waals surface area contributed by atoms with Gasteiger partial charge in [-0.3, -0.25) is 0 Å². The smallest absolute Gasteiger partial charge is 0.120 e. The molecule has 0 bridgehead atoms. The van der Waals surface area contributed by atoms with Gasteiger partial charge in [0.25, 0.3) is 0 Å². The Kier molecular flexibility index (Phi) is 5.43. The van der Waals surface area contributed by atoms with Crippen molar-refractivity contribution >= 4 is 15.9 Å². The van der Waals surface area contributed by atoms with Crippen molar-refractivity contribution in [2.45, 2.75) is 44.5 Å². The molecular weight excluding hydrogens is 424 g/mol. The highest BCUT2D eigenvalue weighted by Crippen LogP contribution is 2.45. The molecule has 3 aromatic rings. The molecule has 1 saturated carbocycles. The van der Waals surface area contributed by atoms with Crippen LogP contribution in [0.4, 0.5) is 0 Å². The Morgan fingerprint density at radius 2 is 1.72 bits per heavy atom. The van der Waals surface area contributed by atoms with E-state index in [0.717, 1.165) is 10.2 Å². The van der Waals surface area contributed by atoms with Crippen molar-refractivity contribution < 1.29 is 9.47 Å². The Morgan fingerprint density at radius 1 is 0.931 bits per heavy atom. The monoisotopic (exact) mass is 448 g/mol. The summed E-state index contributed by atoms with van der Waals surface area (Å²) >= 11 is 3.57. The van der Waals surface area contributed by atoms with Gasteiger partial charge in [0.1, 0.15) is 12.4 Å². The highest BCUT2D eigenvalue weighted by molar-refractivity contribution is 9.10. The van der Waals surface area contributed by atoms with Gasteiger partial charge in [-0.25, -0.2) is 0 Å². The molecule has 29 heavy (non-hydrogen) atoms. The first kappa shape index (κ1) is 18.9. The zero-order valence-corrected chi connectivity index (χ0v) is 18.0. The summed E-state index contributed by atoms with van der Waals surface area (Å²) in [5.74, 6) is 1.87.